The Bertz CT molecular complexity index is 301. The highest BCUT2D eigenvalue weighted by atomic mass is 32.3. The molecule has 0 saturated heterocycles. The average Bonchev–Trinajstić information content (AvgIpc) is 2.25. The van der Waals surface area contributed by atoms with Crippen LogP contribution in [0, 0.1) is 0 Å². The van der Waals surface area contributed by atoms with Crippen molar-refractivity contribution in [2.45, 2.75) is 25.0 Å². The Balaban J connectivity index is 3.82. The van der Waals surface area contributed by atoms with Crippen LogP contribution < -0.4 is 5.73 Å². The maximum atomic E-state index is 10.1. The fourth-order valence-corrected chi connectivity index (χ4v) is 1.19. The van der Waals surface area contributed by atoms with Gasteiger partial charge in [0.1, 0.15) is 6.10 Å². The predicted octanol–water partition coefficient (Wildman–Crippen LogP) is -2.06. The minimum atomic E-state index is -4.81. The van der Waals surface area contributed by atoms with Gasteiger partial charge in [-0.1, -0.05) is 6.92 Å². The highest BCUT2D eigenvalue weighted by Crippen LogP contribution is 2.06. The molecule has 0 aromatic carbocycles. The molecule has 4 N–H and O–H groups in total. The first kappa shape index (κ1) is 16.7. The molecule has 0 rings (SSSR count). The second-order valence-corrected chi connectivity index (χ2v) is 4.79. The summed E-state index contributed by atoms with van der Waals surface area (Å²) in [6, 6.07) is 0. The molecule has 0 heterocycles. The van der Waals surface area contributed by atoms with Crippen LogP contribution in [0.4, 0.5) is 0 Å². The van der Waals surface area contributed by atoms with E-state index in [2.05, 4.69) is 4.18 Å². The van der Waals surface area contributed by atoms with Gasteiger partial charge in [-0.05, 0) is 6.42 Å². The summed E-state index contributed by atoms with van der Waals surface area (Å²) in [6.07, 6.45) is -0.774. The zero-order valence-electron chi connectivity index (χ0n) is 9.53. The van der Waals surface area contributed by atoms with Crippen LogP contribution in [0.3, 0.4) is 0 Å². The van der Waals surface area contributed by atoms with Gasteiger partial charge in [-0.3, -0.25) is 4.18 Å². The summed E-state index contributed by atoms with van der Waals surface area (Å²) in [7, 11) is -4.81. The van der Waals surface area contributed by atoms with Crippen molar-refractivity contribution in [1.82, 2.24) is 0 Å². The average molecular weight is 272 g/mol. The van der Waals surface area contributed by atoms with Crippen molar-refractivity contribution in [2.75, 3.05) is 26.4 Å². The van der Waals surface area contributed by atoms with Crippen molar-refractivity contribution < 1.29 is 32.1 Å². The number of aliphatic hydroxyl groups excluding tert-OH is 2. The minimum Gasteiger partial charge on any atom is -0.726 e. The maximum absolute atomic E-state index is 10.1. The normalized spacial score (nSPS) is 17.7. The molecule has 8 nitrogen and oxygen atoms in total. The molecule has 0 aliphatic rings. The van der Waals surface area contributed by atoms with Crippen molar-refractivity contribution in [3.8, 4) is 0 Å². The number of nitrogens with two attached hydrogens (primary N) is 1. The summed E-state index contributed by atoms with van der Waals surface area (Å²) in [5, 5.41) is 18.1. The molecule has 0 amide bonds. The van der Waals surface area contributed by atoms with Crippen molar-refractivity contribution in [3.05, 3.63) is 0 Å². The lowest BCUT2D eigenvalue weighted by Crippen LogP contribution is -2.48. The number of aliphatic hydroxyl groups is 2. The Labute approximate surface area is 100 Å². The van der Waals surface area contributed by atoms with E-state index in [-0.39, 0.29) is 19.8 Å². The van der Waals surface area contributed by atoms with Crippen LogP contribution in [0.25, 0.3) is 0 Å². The van der Waals surface area contributed by atoms with E-state index in [9.17, 15) is 18.1 Å². The number of hydrogen-bond acceptors (Lipinski definition) is 8. The van der Waals surface area contributed by atoms with E-state index in [1.165, 1.54) is 0 Å². The molecule has 104 valence electrons. The molecule has 2 atom stereocenters. The van der Waals surface area contributed by atoms with Crippen LogP contribution in [-0.4, -0.2) is 61.3 Å². The largest absolute Gasteiger partial charge is 0.726 e. The van der Waals surface area contributed by atoms with E-state index in [1.54, 1.807) is 6.92 Å². The van der Waals surface area contributed by atoms with Gasteiger partial charge in [0.15, 0.2) is 0 Å². The van der Waals surface area contributed by atoms with E-state index in [4.69, 9.17) is 15.6 Å². The standard InChI is InChI=1S/C8H19NO7S/c1-2-8(9,5-10)6-15-3-7(11)4-16-17(12,13)14/h7,10-11H,2-6,9H2,1H3,(H,12,13,14)/p-1. The van der Waals surface area contributed by atoms with Gasteiger partial charge in [0.2, 0.25) is 10.4 Å². The molecule has 0 aromatic heterocycles. The lowest BCUT2D eigenvalue weighted by molar-refractivity contribution is -0.0144. The summed E-state index contributed by atoms with van der Waals surface area (Å²) in [4.78, 5) is 0. The molecule has 0 bridgehead atoms. The van der Waals surface area contributed by atoms with Gasteiger partial charge >= 0.3 is 0 Å². The molecule has 0 aliphatic carbocycles. The topological polar surface area (TPSA) is 142 Å². The third kappa shape index (κ3) is 8.44. The molecule has 17 heavy (non-hydrogen) atoms. The lowest BCUT2D eigenvalue weighted by atomic mass is 10.0. The second kappa shape index (κ2) is 7.21. The van der Waals surface area contributed by atoms with Crippen molar-refractivity contribution >= 4 is 10.4 Å². The van der Waals surface area contributed by atoms with E-state index < -0.39 is 28.6 Å². The van der Waals surface area contributed by atoms with Gasteiger partial charge < -0.3 is 25.2 Å². The zero-order chi connectivity index (χ0) is 13.5. The van der Waals surface area contributed by atoms with Crippen LogP contribution in [0.1, 0.15) is 13.3 Å². The third-order valence-electron chi connectivity index (χ3n) is 2.12. The van der Waals surface area contributed by atoms with Gasteiger partial charge in [-0.15, -0.1) is 0 Å². The van der Waals surface area contributed by atoms with E-state index in [0.29, 0.717) is 6.42 Å². The summed E-state index contributed by atoms with van der Waals surface area (Å²) in [5.41, 5.74) is 4.79. The summed E-state index contributed by atoms with van der Waals surface area (Å²) < 4.78 is 39.1. The van der Waals surface area contributed by atoms with E-state index in [1.807, 2.05) is 0 Å². The molecular weight excluding hydrogens is 254 g/mol. The zero-order valence-corrected chi connectivity index (χ0v) is 10.4. The number of ether oxygens (including phenoxy) is 1. The molecular formula is C8H18NO7S-. The number of rotatable bonds is 9. The predicted molar refractivity (Wildman–Crippen MR) is 56.8 cm³/mol. The highest BCUT2D eigenvalue weighted by molar-refractivity contribution is 7.80. The highest BCUT2D eigenvalue weighted by Gasteiger charge is 2.22. The molecule has 9 heteroatoms. The Morgan fingerprint density at radius 1 is 1.47 bits per heavy atom. The Hall–Kier alpha value is -0.290. The van der Waals surface area contributed by atoms with Gasteiger partial charge in [-0.25, -0.2) is 8.42 Å². The monoisotopic (exact) mass is 272 g/mol. The molecule has 0 radical (unpaired) electrons. The molecule has 0 saturated carbocycles. The minimum absolute atomic E-state index is 0.00118. The summed E-state index contributed by atoms with van der Waals surface area (Å²) >= 11 is 0. The van der Waals surface area contributed by atoms with Crippen LogP contribution in [0.2, 0.25) is 0 Å². The van der Waals surface area contributed by atoms with Gasteiger partial charge in [0.05, 0.1) is 32.0 Å². The molecule has 2 unspecified atom stereocenters. The van der Waals surface area contributed by atoms with Gasteiger partial charge in [0, 0.05) is 0 Å². The molecule has 0 aliphatic heterocycles. The lowest BCUT2D eigenvalue weighted by Gasteiger charge is -2.25. The number of hydrogen-bond donors (Lipinski definition) is 3. The van der Waals surface area contributed by atoms with Gasteiger partial charge in [0.25, 0.3) is 0 Å². The molecule has 0 aromatic rings. The molecule has 0 fully saturated rings. The van der Waals surface area contributed by atoms with Crippen LogP contribution in [0.5, 0.6) is 0 Å². The smallest absolute Gasteiger partial charge is 0.217 e. The second-order valence-electron chi connectivity index (χ2n) is 3.74. The fraction of sp³-hybridized carbons (Fsp3) is 1.00. The fourth-order valence-electron chi connectivity index (χ4n) is 0.868. The first-order valence-electron chi connectivity index (χ1n) is 4.98. The van der Waals surface area contributed by atoms with Crippen molar-refractivity contribution in [3.63, 3.8) is 0 Å². The first-order valence-corrected chi connectivity index (χ1v) is 6.31. The van der Waals surface area contributed by atoms with Gasteiger partial charge in [-0.2, -0.15) is 0 Å². The SMILES string of the molecule is CCC(N)(CO)COCC(O)COS(=O)(=O)[O-]. The van der Waals surface area contributed by atoms with Crippen LogP contribution in [-0.2, 0) is 19.3 Å². The first-order chi connectivity index (χ1) is 7.72. The van der Waals surface area contributed by atoms with Crippen LogP contribution in [0.15, 0.2) is 0 Å². The van der Waals surface area contributed by atoms with Crippen molar-refractivity contribution in [2.24, 2.45) is 5.73 Å². The van der Waals surface area contributed by atoms with E-state index >= 15 is 0 Å². The Morgan fingerprint density at radius 2 is 2.06 bits per heavy atom. The third-order valence-corrected chi connectivity index (χ3v) is 2.55. The molecule has 0 spiro atoms. The quantitative estimate of drug-likeness (QED) is 0.321. The summed E-state index contributed by atoms with van der Waals surface area (Å²) in [6.45, 7) is 0.582. The van der Waals surface area contributed by atoms with E-state index in [0.717, 1.165) is 0 Å². The van der Waals surface area contributed by atoms with Crippen LogP contribution >= 0.6 is 0 Å². The Morgan fingerprint density at radius 3 is 2.47 bits per heavy atom. The maximum Gasteiger partial charge on any atom is 0.217 e. The van der Waals surface area contributed by atoms with Crippen molar-refractivity contribution in [1.29, 1.82) is 0 Å². The Kier molecular flexibility index (Phi) is 7.09. The summed E-state index contributed by atoms with van der Waals surface area (Å²) in [5.74, 6) is 0.